The summed E-state index contributed by atoms with van der Waals surface area (Å²) in [6, 6.07) is 14.9. The standard InChI is InChI=1S/C15H18OSi/c1-3-15(2,11-16-17)14-10-6-8-12-7-4-5-9-13(12)14/h3-10H,1,11H2,2,17H3. The molecular formula is C15H18OSi. The average Bonchev–Trinajstić information content (AvgIpc) is 2.38. The number of hydrogen-bond acceptors (Lipinski definition) is 1. The van der Waals surface area contributed by atoms with E-state index in [0.29, 0.717) is 6.61 Å². The van der Waals surface area contributed by atoms with Gasteiger partial charge in [0.2, 0.25) is 0 Å². The fourth-order valence-electron chi connectivity index (χ4n) is 2.27. The maximum Gasteiger partial charge on any atom is 0.146 e. The van der Waals surface area contributed by atoms with E-state index in [0.717, 1.165) is 10.5 Å². The molecule has 0 amide bonds. The summed E-state index contributed by atoms with van der Waals surface area (Å²) in [4.78, 5) is 0. The first-order valence-corrected chi connectivity index (χ1v) is 6.64. The molecule has 88 valence electrons. The highest BCUT2D eigenvalue weighted by atomic mass is 28.2. The minimum Gasteiger partial charge on any atom is -0.427 e. The van der Waals surface area contributed by atoms with Gasteiger partial charge in [-0.05, 0) is 23.3 Å². The third-order valence-electron chi connectivity index (χ3n) is 3.30. The van der Waals surface area contributed by atoms with Gasteiger partial charge in [-0.1, -0.05) is 48.5 Å². The first-order chi connectivity index (χ1) is 8.21. The predicted molar refractivity (Wildman–Crippen MR) is 77.4 cm³/mol. The lowest BCUT2D eigenvalue weighted by Gasteiger charge is -2.27. The summed E-state index contributed by atoms with van der Waals surface area (Å²) in [6.45, 7) is 6.86. The molecule has 0 N–H and O–H groups in total. The van der Waals surface area contributed by atoms with Gasteiger partial charge in [0.05, 0.1) is 0 Å². The number of fused-ring (bicyclic) bond motifs is 1. The maximum absolute atomic E-state index is 5.47. The Morgan fingerprint density at radius 2 is 1.94 bits per heavy atom. The highest BCUT2D eigenvalue weighted by molar-refractivity contribution is 5.98. The van der Waals surface area contributed by atoms with Crippen molar-refractivity contribution in [3.8, 4) is 0 Å². The van der Waals surface area contributed by atoms with Crippen LogP contribution in [0.5, 0.6) is 0 Å². The Morgan fingerprint density at radius 3 is 2.65 bits per heavy atom. The van der Waals surface area contributed by atoms with E-state index in [9.17, 15) is 0 Å². The molecule has 0 spiro atoms. The van der Waals surface area contributed by atoms with Gasteiger partial charge in [0, 0.05) is 12.0 Å². The summed E-state index contributed by atoms with van der Waals surface area (Å²) in [5.41, 5.74) is 1.18. The molecule has 0 saturated heterocycles. The topological polar surface area (TPSA) is 9.23 Å². The summed E-state index contributed by atoms with van der Waals surface area (Å²) in [6.07, 6.45) is 1.99. The highest BCUT2D eigenvalue weighted by Gasteiger charge is 2.24. The van der Waals surface area contributed by atoms with Crippen LogP contribution in [0.1, 0.15) is 12.5 Å². The molecule has 1 unspecified atom stereocenters. The molecule has 17 heavy (non-hydrogen) atoms. The summed E-state index contributed by atoms with van der Waals surface area (Å²) in [7, 11) is 0.758. The van der Waals surface area contributed by atoms with Gasteiger partial charge in [0.25, 0.3) is 0 Å². The molecule has 2 aromatic rings. The molecule has 0 radical (unpaired) electrons. The van der Waals surface area contributed by atoms with E-state index >= 15 is 0 Å². The molecule has 0 fully saturated rings. The monoisotopic (exact) mass is 242 g/mol. The Labute approximate surface area is 106 Å². The molecule has 0 aliphatic carbocycles. The van der Waals surface area contributed by atoms with E-state index in [1.807, 2.05) is 6.08 Å². The summed E-state index contributed by atoms with van der Waals surface area (Å²) in [5.74, 6) is 0. The fourth-order valence-corrected chi connectivity index (χ4v) is 2.87. The Kier molecular flexibility index (Phi) is 3.45. The first kappa shape index (κ1) is 12.1. The Morgan fingerprint density at radius 1 is 1.24 bits per heavy atom. The van der Waals surface area contributed by atoms with Gasteiger partial charge >= 0.3 is 0 Å². The Bertz CT molecular complexity index is 530. The minimum atomic E-state index is -0.109. The van der Waals surface area contributed by atoms with Crippen molar-refractivity contribution in [3.05, 3.63) is 60.7 Å². The SMILES string of the molecule is C=CC(C)(CO[SiH3])c1cccc2ccccc12. The molecular weight excluding hydrogens is 224 g/mol. The zero-order valence-corrected chi connectivity index (χ0v) is 12.4. The number of rotatable bonds is 4. The second kappa shape index (κ2) is 4.86. The van der Waals surface area contributed by atoms with E-state index in [4.69, 9.17) is 4.43 Å². The van der Waals surface area contributed by atoms with Crippen molar-refractivity contribution in [2.45, 2.75) is 12.3 Å². The van der Waals surface area contributed by atoms with Crippen LogP contribution in [0.2, 0.25) is 0 Å². The molecule has 0 aliphatic rings. The van der Waals surface area contributed by atoms with Crippen molar-refractivity contribution < 1.29 is 4.43 Å². The quantitative estimate of drug-likeness (QED) is 0.591. The second-order valence-electron chi connectivity index (χ2n) is 4.58. The largest absolute Gasteiger partial charge is 0.427 e. The van der Waals surface area contributed by atoms with Gasteiger partial charge in [-0.15, -0.1) is 6.58 Å². The average molecular weight is 242 g/mol. The van der Waals surface area contributed by atoms with E-state index in [1.165, 1.54) is 16.3 Å². The molecule has 2 heteroatoms. The van der Waals surface area contributed by atoms with Crippen molar-refractivity contribution >= 4 is 21.3 Å². The molecule has 0 aliphatic heterocycles. The van der Waals surface area contributed by atoms with Crippen molar-refractivity contribution in [2.75, 3.05) is 6.61 Å². The molecule has 0 heterocycles. The zero-order chi connectivity index (χ0) is 12.3. The van der Waals surface area contributed by atoms with Crippen LogP contribution in [0.25, 0.3) is 10.8 Å². The molecule has 2 aromatic carbocycles. The van der Waals surface area contributed by atoms with Crippen LogP contribution in [0.4, 0.5) is 0 Å². The lowest BCUT2D eigenvalue weighted by Crippen LogP contribution is -2.25. The molecule has 0 saturated carbocycles. The van der Waals surface area contributed by atoms with Gasteiger partial charge in [-0.3, -0.25) is 0 Å². The first-order valence-electron chi connectivity index (χ1n) is 5.82. The van der Waals surface area contributed by atoms with Crippen LogP contribution < -0.4 is 0 Å². The number of hydrogen-bond donors (Lipinski definition) is 0. The minimum absolute atomic E-state index is 0.109. The van der Waals surface area contributed by atoms with Crippen LogP contribution >= 0.6 is 0 Å². The highest BCUT2D eigenvalue weighted by Crippen LogP contribution is 2.31. The van der Waals surface area contributed by atoms with Gasteiger partial charge in [0.15, 0.2) is 0 Å². The van der Waals surface area contributed by atoms with Gasteiger partial charge in [-0.25, -0.2) is 0 Å². The molecule has 2 rings (SSSR count). The molecule has 1 atom stereocenters. The van der Waals surface area contributed by atoms with Crippen LogP contribution in [-0.2, 0) is 9.84 Å². The van der Waals surface area contributed by atoms with Crippen LogP contribution in [0.3, 0.4) is 0 Å². The summed E-state index contributed by atoms with van der Waals surface area (Å²) in [5, 5.41) is 2.56. The smallest absolute Gasteiger partial charge is 0.146 e. The van der Waals surface area contributed by atoms with Crippen LogP contribution in [-0.4, -0.2) is 17.1 Å². The van der Waals surface area contributed by atoms with E-state index in [1.54, 1.807) is 0 Å². The fraction of sp³-hybridized carbons (Fsp3) is 0.200. The molecule has 0 bridgehead atoms. The predicted octanol–water partition coefficient (Wildman–Crippen LogP) is 2.58. The second-order valence-corrected chi connectivity index (χ2v) is 5.16. The normalized spacial score (nSPS) is 14.6. The van der Waals surface area contributed by atoms with Gasteiger partial charge in [0.1, 0.15) is 10.5 Å². The van der Waals surface area contributed by atoms with Crippen molar-refractivity contribution in [1.29, 1.82) is 0 Å². The lowest BCUT2D eigenvalue weighted by atomic mass is 9.81. The van der Waals surface area contributed by atoms with Gasteiger partial charge in [-0.2, -0.15) is 0 Å². The third kappa shape index (κ3) is 2.19. The van der Waals surface area contributed by atoms with Crippen molar-refractivity contribution in [3.63, 3.8) is 0 Å². The third-order valence-corrected chi connectivity index (χ3v) is 3.59. The van der Waals surface area contributed by atoms with Gasteiger partial charge < -0.3 is 4.43 Å². The van der Waals surface area contributed by atoms with Crippen molar-refractivity contribution in [2.24, 2.45) is 0 Å². The summed E-state index contributed by atoms with van der Waals surface area (Å²) < 4.78 is 5.47. The maximum atomic E-state index is 5.47. The molecule has 0 aromatic heterocycles. The number of benzene rings is 2. The van der Waals surface area contributed by atoms with E-state index < -0.39 is 0 Å². The van der Waals surface area contributed by atoms with Crippen LogP contribution in [0.15, 0.2) is 55.1 Å². The van der Waals surface area contributed by atoms with Crippen molar-refractivity contribution in [1.82, 2.24) is 0 Å². The Hall–Kier alpha value is -1.38. The lowest BCUT2D eigenvalue weighted by molar-refractivity contribution is 0.282. The Balaban J connectivity index is 2.65. The van der Waals surface area contributed by atoms with E-state index in [-0.39, 0.29) is 5.41 Å². The van der Waals surface area contributed by atoms with Crippen LogP contribution in [0, 0.1) is 0 Å². The summed E-state index contributed by atoms with van der Waals surface area (Å²) >= 11 is 0. The zero-order valence-electron chi connectivity index (χ0n) is 10.4. The van der Waals surface area contributed by atoms with E-state index in [2.05, 4.69) is 56.0 Å². The molecule has 1 nitrogen and oxygen atoms in total.